The monoisotopic (exact) mass is 302 g/mol. The zero-order valence-corrected chi connectivity index (χ0v) is 13.4. The summed E-state index contributed by atoms with van der Waals surface area (Å²) in [4.78, 5) is 18.6. The summed E-state index contributed by atoms with van der Waals surface area (Å²) < 4.78 is 0. The number of amides is 1. The van der Waals surface area contributed by atoms with Crippen molar-refractivity contribution in [3.8, 4) is 0 Å². The Morgan fingerprint density at radius 3 is 2.95 bits per heavy atom. The van der Waals surface area contributed by atoms with E-state index in [1.165, 1.54) is 12.8 Å². The van der Waals surface area contributed by atoms with Crippen LogP contribution in [0.3, 0.4) is 0 Å². The molecule has 0 saturated carbocycles. The zero-order chi connectivity index (χ0) is 15.4. The van der Waals surface area contributed by atoms with Crippen molar-refractivity contribution in [2.45, 2.75) is 32.6 Å². The largest absolute Gasteiger partial charge is 0.368 e. The van der Waals surface area contributed by atoms with Gasteiger partial charge in [-0.05, 0) is 56.3 Å². The molecule has 22 heavy (non-hydrogen) atoms. The number of carbonyl (C=O) groups excluding carboxylic acids is 1. The van der Waals surface area contributed by atoms with Crippen LogP contribution in [0.25, 0.3) is 0 Å². The van der Waals surface area contributed by atoms with Gasteiger partial charge in [0, 0.05) is 32.3 Å². The van der Waals surface area contributed by atoms with Crippen molar-refractivity contribution in [3.63, 3.8) is 0 Å². The molecule has 5 heteroatoms. The zero-order valence-electron chi connectivity index (χ0n) is 13.4. The summed E-state index contributed by atoms with van der Waals surface area (Å²) in [5.41, 5.74) is 1.50. The van der Waals surface area contributed by atoms with Gasteiger partial charge in [0.05, 0.1) is 0 Å². The molecule has 2 fully saturated rings. The second-order valence-electron chi connectivity index (χ2n) is 6.66. The van der Waals surface area contributed by atoms with Gasteiger partial charge < -0.3 is 15.5 Å². The first kappa shape index (κ1) is 15.3. The van der Waals surface area contributed by atoms with Gasteiger partial charge in [0.2, 0.25) is 5.91 Å². The lowest BCUT2D eigenvalue weighted by atomic mass is 9.73. The Bertz CT molecular complexity index is 525. The Kier molecular flexibility index (Phi) is 4.62. The van der Waals surface area contributed by atoms with Crippen molar-refractivity contribution < 1.29 is 4.79 Å². The molecule has 0 radical (unpaired) electrons. The molecule has 3 rings (SSSR count). The van der Waals surface area contributed by atoms with Crippen LogP contribution in [0.15, 0.2) is 18.3 Å². The van der Waals surface area contributed by atoms with Crippen molar-refractivity contribution in [2.24, 2.45) is 5.41 Å². The van der Waals surface area contributed by atoms with Crippen LogP contribution in [0, 0.1) is 12.3 Å². The van der Waals surface area contributed by atoms with Crippen LogP contribution >= 0.6 is 0 Å². The van der Waals surface area contributed by atoms with Crippen LogP contribution in [0.2, 0.25) is 0 Å². The Morgan fingerprint density at radius 2 is 2.18 bits per heavy atom. The molecule has 1 spiro atoms. The summed E-state index contributed by atoms with van der Waals surface area (Å²) in [6, 6.07) is 3.99. The summed E-state index contributed by atoms with van der Waals surface area (Å²) >= 11 is 0. The molecule has 3 heterocycles. The average molecular weight is 302 g/mol. The molecule has 2 N–H and O–H groups in total. The third kappa shape index (κ3) is 3.40. The first-order chi connectivity index (χ1) is 10.7. The molecule has 0 aliphatic carbocycles. The van der Waals surface area contributed by atoms with E-state index in [4.69, 9.17) is 0 Å². The van der Waals surface area contributed by atoms with Crippen molar-refractivity contribution in [3.05, 3.63) is 23.9 Å². The van der Waals surface area contributed by atoms with Crippen molar-refractivity contribution in [1.29, 1.82) is 0 Å². The molecule has 0 atom stereocenters. The molecule has 0 aromatic carbocycles. The van der Waals surface area contributed by atoms with E-state index in [1.54, 1.807) is 6.20 Å². The lowest BCUT2D eigenvalue weighted by Gasteiger charge is -2.45. The van der Waals surface area contributed by atoms with E-state index in [2.05, 4.69) is 20.5 Å². The first-order valence-electron chi connectivity index (χ1n) is 8.33. The summed E-state index contributed by atoms with van der Waals surface area (Å²) in [5, 5.41) is 6.78. The third-order valence-corrected chi connectivity index (χ3v) is 5.10. The number of likely N-dealkylation sites (tertiary alicyclic amines) is 1. The first-order valence-corrected chi connectivity index (χ1v) is 8.33. The van der Waals surface area contributed by atoms with Crippen molar-refractivity contribution in [2.75, 3.05) is 38.0 Å². The normalized spacial score (nSPS) is 21.1. The predicted molar refractivity (Wildman–Crippen MR) is 87.8 cm³/mol. The van der Waals surface area contributed by atoms with Crippen LogP contribution in [0.5, 0.6) is 0 Å². The number of anilines is 1. The molecule has 120 valence electrons. The van der Waals surface area contributed by atoms with E-state index >= 15 is 0 Å². The maximum Gasteiger partial charge on any atom is 0.222 e. The second kappa shape index (κ2) is 6.65. The van der Waals surface area contributed by atoms with E-state index in [9.17, 15) is 4.79 Å². The minimum absolute atomic E-state index is 0.309. The molecule has 1 amide bonds. The van der Waals surface area contributed by atoms with Crippen LogP contribution < -0.4 is 10.6 Å². The highest BCUT2D eigenvalue weighted by Crippen LogP contribution is 2.38. The summed E-state index contributed by atoms with van der Waals surface area (Å²) in [7, 11) is 0. The number of carbonyl (C=O) groups is 1. The predicted octanol–water partition coefficient (Wildman–Crippen LogP) is 1.79. The van der Waals surface area contributed by atoms with E-state index in [0.29, 0.717) is 17.7 Å². The molecule has 2 saturated heterocycles. The van der Waals surface area contributed by atoms with Crippen LogP contribution in [0.4, 0.5) is 5.82 Å². The van der Waals surface area contributed by atoms with Crippen molar-refractivity contribution >= 4 is 11.7 Å². The Labute approximate surface area is 132 Å². The Balaban J connectivity index is 1.54. The van der Waals surface area contributed by atoms with E-state index in [0.717, 1.165) is 50.5 Å². The van der Waals surface area contributed by atoms with E-state index in [-0.39, 0.29) is 0 Å². The number of aromatic nitrogens is 1. The van der Waals surface area contributed by atoms with Gasteiger partial charge in [0.1, 0.15) is 5.82 Å². The van der Waals surface area contributed by atoms with Gasteiger partial charge in [-0.25, -0.2) is 4.98 Å². The molecular formula is C17H26N4O. The lowest BCUT2D eigenvalue weighted by Crippen LogP contribution is -2.51. The Hall–Kier alpha value is -1.62. The molecule has 0 bridgehead atoms. The number of hydrogen-bond acceptors (Lipinski definition) is 4. The van der Waals surface area contributed by atoms with Crippen LogP contribution in [-0.4, -0.2) is 48.5 Å². The minimum Gasteiger partial charge on any atom is -0.368 e. The standard InChI is InChI=1S/C17H26N4O/c1-14-3-2-8-19-16(14)20-11-12-21-13-17(5-4-15(21)22)6-9-18-10-7-17/h2-3,8,18H,4-7,9-13H2,1H3,(H,19,20). The summed E-state index contributed by atoms with van der Waals surface area (Å²) in [5.74, 6) is 1.23. The SMILES string of the molecule is Cc1cccnc1NCCN1CC2(CCNCC2)CCC1=O. The average Bonchev–Trinajstić information content (AvgIpc) is 2.54. The maximum atomic E-state index is 12.2. The van der Waals surface area contributed by atoms with Gasteiger partial charge in [-0.2, -0.15) is 0 Å². The number of nitrogens with zero attached hydrogens (tertiary/aromatic N) is 2. The number of rotatable bonds is 4. The Morgan fingerprint density at radius 1 is 1.36 bits per heavy atom. The van der Waals surface area contributed by atoms with E-state index in [1.807, 2.05) is 19.1 Å². The number of nitrogens with one attached hydrogen (secondary N) is 2. The topological polar surface area (TPSA) is 57.3 Å². The number of pyridine rings is 1. The molecule has 0 unspecified atom stereocenters. The fourth-order valence-corrected chi connectivity index (χ4v) is 3.65. The van der Waals surface area contributed by atoms with Gasteiger partial charge in [0.15, 0.2) is 0 Å². The highest BCUT2D eigenvalue weighted by molar-refractivity contribution is 5.77. The molecule has 1 aromatic rings. The van der Waals surface area contributed by atoms with Crippen LogP contribution in [0.1, 0.15) is 31.2 Å². The number of hydrogen-bond donors (Lipinski definition) is 2. The molecule has 2 aliphatic heterocycles. The highest BCUT2D eigenvalue weighted by atomic mass is 16.2. The molecule has 2 aliphatic rings. The highest BCUT2D eigenvalue weighted by Gasteiger charge is 2.39. The summed E-state index contributed by atoms with van der Waals surface area (Å²) in [6.07, 6.45) is 5.97. The number of piperidine rings is 2. The van der Waals surface area contributed by atoms with Crippen LogP contribution in [-0.2, 0) is 4.79 Å². The lowest BCUT2D eigenvalue weighted by molar-refractivity contribution is -0.138. The fourth-order valence-electron chi connectivity index (χ4n) is 3.65. The maximum absolute atomic E-state index is 12.2. The van der Waals surface area contributed by atoms with Gasteiger partial charge >= 0.3 is 0 Å². The van der Waals surface area contributed by atoms with Crippen molar-refractivity contribution in [1.82, 2.24) is 15.2 Å². The van der Waals surface area contributed by atoms with E-state index < -0.39 is 0 Å². The quantitative estimate of drug-likeness (QED) is 0.890. The summed E-state index contributed by atoms with van der Waals surface area (Å²) in [6.45, 7) is 6.69. The molecule has 5 nitrogen and oxygen atoms in total. The van der Waals surface area contributed by atoms with Gasteiger partial charge in [-0.3, -0.25) is 4.79 Å². The second-order valence-corrected chi connectivity index (χ2v) is 6.66. The number of aryl methyl sites for hydroxylation is 1. The molecule has 1 aromatic heterocycles. The van der Waals surface area contributed by atoms with Gasteiger partial charge in [-0.1, -0.05) is 6.07 Å². The van der Waals surface area contributed by atoms with Gasteiger partial charge in [0.25, 0.3) is 0 Å². The smallest absolute Gasteiger partial charge is 0.222 e. The molecular weight excluding hydrogens is 276 g/mol. The minimum atomic E-state index is 0.309. The fraction of sp³-hybridized carbons (Fsp3) is 0.647. The third-order valence-electron chi connectivity index (χ3n) is 5.10. The van der Waals surface area contributed by atoms with Gasteiger partial charge in [-0.15, -0.1) is 0 Å².